The summed E-state index contributed by atoms with van der Waals surface area (Å²) in [5.74, 6) is -0.00958. The minimum atomic E-state index is -4.00. The number of piperazine rings is 1. The molecule has 5 rings (SSSR count). The Hall–Kier alpha value is -4.35. The summed E-state index contributed by atoms with van der Waals surface area (Å²) in [5, 5.41) is 3.80. The smallest absolute Gasteiger partial charge is 0.243 e. The summed E-state index contributed by atoms with van der Waals surface area (Å²) in [4.78, 5) is 32.7. The maximum atomic E-state index is 13.7. The van der Waals surface area contributed by atoms with Crippen molar-refractivity contribution >= 4 is 44.1 Å². The van der Waals surface area contributed by atoms with Gasteiger partial charge in [-0.15, -0.1) is 0 Å². The van der Waals surface area contributed by atoms with Gasteiger partial charge in [-0.05, 0) is 49.2 Å². The van der Waals surface area contributed by atoms with Crippen molar-refractivity contribution < 1.29 is 22.7 Å². The minimum absolute atomic E-state index is 0.0606. The van der Waals surface area contributed by atoms with E-state index in [0.29, 0.717) is 37.6 Å². The van der Waals surface area contributed by atoms with Crippen molar-refractivity contribution in [1.82, 2.24) is 14.6 Å². The van der Waals surface area contributed by atoms with E-state index in [1.54, 1.807) is 31.3 Å². The maximum Gasteiger partial charge on any atom is 0.243 e. The second-order valence-corrected chi connectivity index (χ2v) is 12.1. The highest BCUT2D eigenvalue weighted by atomic mass is 32.2. The zero-order valence-electron chi connectivity index (χ0n) is 23.9. The fraction of sp³-hybridized carbons (Fsp3) is 0.290. The number of aromatic nitrogens is 1. The summed E-state index contributed by atoms with van der Waals surface area (Å²) in [5.41, 5.74) is 3.97. The van der Waals surface area contributed by atoms with Crippen LogP contribution in [-0.4, -0.2) is 69.4 Å². The standard InChI is InChI=1S/C31H35N5O5S/c1-21-8-11-25(12-9-21)42(39,40)34-29(18-23-20-32-27-7-5-4-6-26(23)27)31(38)33-28-13-10-24(19-30(28)41-3)36-16-14-35(15-17-36)22(2)37/h4-13,19-20,29,32,34H,14-18H2,1-3H3,(H,33,38)/t29-/m0/s1. The second-order valence-electron chi connectivity index (χ2n) is 10.4. The van der Waals surface area contributed by atoms with Gasteiger partial charge in [0.1, 0.15) is 11.8 Å². The van der Waals surface area contributed by atoms with E-state index in [9.17, 15) is 18.0 Å². The molecule has 1 aliphatic rings. The van der Waals surface area contributed by atoms with E-state index < -0.39 is 22.0 Å². The normalized spacial score (nSPS) is 14.5. The van der Waals surface area contributed by atoms with Crippen LogP contribution in [-0.2, 0) is 26.0 Å². The van der Waals surface area contributed by atoms with Crippen molar-refractivity contribution in [2.24, 2.45) is 0 Å². The van der Waals surface area contributed by atoms with Crippen molar-refractivity contribution in [1.29, 1.82) is 0 Å². The van der Waals surface area contributed by atoms with E-state index >= 15 is 0 Å². The highest BCUT2D eigenvalue weighted by molar-refractivity contribution is 7.89. The molecule has 220 valence electrons. The number of aryl methyl sites for hydroxylation is 1. The van der Waals surface area contributed by atoms with Crippen LogP contribution in [0.15, 0.2) is 77.8 Å². The van der Waals surface area contributed by atoms with Crippen LogP contribution < -0.4 is 19.7 Å². The number of amides is 2. The van der Waals surface area contributed by atoms with Gasteiger partial charge in [0.05, 0.1) is 17.7 Å². The van der Waals surface area contributed by atoms with Crippen LogP contribution in [0.2, 0.25) is 0 Å². The number of carbonyl (C=O) groups is 2. The zero-order valence-corrected chi connectivity index (χ0v) is 24.7. The lowest BCUT2D eigenvalue weighted by molar-refractivity contribution is -0.129. The predicted octanol–water partition coefficient (Wildman–Crippen LogP) is 3.68. The number of sulfonamides is 1. The average molecular weight is 590 g/mol. The number of rotatable bonds is 9. The fourth-order valence-corrected chi connectivity index (χ4v) is 6.36. The zero-order chi connectivity index (χ0) is 29.9. The largest absolute Gasteiger partial charge is 0.494 e. The molecule has 1 atom stereocenters. The summed E-state index contributed by atoms with van der Waals surface area (Å²) in [6.07, 6.45) is 1.92. The number of nitrogens with one attached hydrogen (secondary N) is 3. The Kier molecular flexibility index (Phi) is 8.51. The molecule has 42 heavy (non-hydrogen) atoms. The molecule has 1 aliphatic heterocycles. The van der Waals surface area contributed by atoms with Crippen molar-refractivity contribution in [2.45, 2.75) is 31.2 Å². The first-order valence-electron chi connectivity index (χ1n) is 13.8. The van der Waals surface area contributed by atoms with Crippen LogP contribution in [0.1, 0.15) is 18.1 Å². The van der Waals surface area contributed by atoms with E-state index in [-0.39, 0.29) is 17.2 Å². The van der Waals surface area contributed by atoms with Crippen molar-refractivity contribution in [3.63, 3.8) is 0 Å². The Morgan fingerprint density at radius 3 is 2.40 bits per heavy atom. The van der Waals surface area contributed by atoms with Gasteiger partial charge < -0.3 is 24.8 Å². The first kappa shape index (κ1) is 29.2. The van der Waals surface area contributed by atoms with Crippen LogP contribution in [0.4, 0.5) is 11.4 Å². The number of methoxy groups -OCH3 is 1. The molecule has 0 radical (unpaired) electrons. The van der Waals surface area contributed by atoms with E-state index in [0.717, 1.165) is 27.7 Å². The van der Waals surface area contributed by atoms with Crippen molar-refractivity contribution in [3.8, 4) is 5.75 Å². The summed E-state index contributed by atoms with van der Waals surface area (Å²) in [6.45, 7) is 6.08. The van der Waals surface area contributed by atoms with Gasteiger partial charge in [0.2, 0.25) is 21.8 Å². The van der Waals surface area contributed by atoms with E-state index in [1.165, 1.54) is 19.2 Å². The molecule has 2 amide bonds. The molecule has 0 unspecified atom stereocenters. The van der Waals surface area contributed by atoms with Crippen LogP contribution >= 0.6 is 0 Å². The Bertz CT molecular complexity index is 1690. The average Bonchev–Trinajstić information content (AvgIpc) is 3.40. The third-order valence-electron chi connectivity index (χ3n) is 7.58. The van der Waals surface area contributed by atoms with Gasteiger partial charge >= 0.3 is 0 Å². The number of H-pyrrole nitrogens is 1. The molecule has 0 bridgehead atoms. The molecule has 0 spiro atoms. The number of benzene rings is 3. The van der Waals surface area contributed by atoms with E-state index in [1.807, 2.05) is 48.2 Å². The van der Waals surface area contributed by atoms with Gasteiger partial charge in [-0.25, -0.2) is 8.42 Å². The van der Waals surface area contributed by atoms with Crippen molar-refractivity contribution in [2.75, 3.05) is 43.5 Å². The van der Waals surface area contributed by atoms with E-state index in [4.69, 9.17) is 4.74 Å². The Labute approximate surface area is 245 Å². The molecule has 3 N–H and O–H groups in total. The molecule has 2 heterocycles. The fourth-order valence-electron chi connectivity index (χ4n) is 5.16. The number of fused-ring (bicyclic) bond motifs is 1. The van der Waals surface area contributed by atoms with E-state index in [2.05, 4.69) is 19.9 Å². The molecule has 11 heteroatoms. The van der Waals surface area contributed by atoms with Crippen LogP contribution in [0.5, 0.6) is 5.75 Å². The molecule has 10 nitrogen and oxygen atoms in total. The van der Waals surface area contributed by atoms with Crippen LogP contribution in [0, 0.1) is 6.92 Å². The van der Waals surface area contributed by atoms with Gasteiger partial charge in [-0.2, -0.15) is 4.72 Å². The lowest BCUT2D eigenvalue weighted by Crippen LogP contribution is -2.48. The maximum absolute atomic E-state index is 13.7. The molecular formula is C31H35N5O5S. The topological polar surface area (TPSA) is 124 Å². The summed E-state index contributed by atoms with van der Waals surface area (Å²) in [6, 6.07) is 18.5. The first-order chi connectivity index (χ1) is 20.1. The monoisotopic (exact) mass is 589 g/mol. The quantitative estimate of drug-likeness (QED) is 0.274. The number of anilines is 2. The number of aromatic amines is 1. The Morgan fingerprint density at radius 1 is 1.00 bits per heavy atom. The third-order valence-corrected chi connectivity index (χ3v) is 9.06. The second kappa shape index (κ2) is 12.3. The molecule has 1 saturated heterocycles. The predicted molar refractivity (Wildman–Crippen MR) is 163 cm³/mol. The Morgan fingerprint density at radius 2 is 1.71 bits per heavy atom. The molecule has 0 saturated carbocycles. The van der Waals surface area contributed by atoms with Crippen molar-refractivity contribution in [3.05, 3.63) is 84.1 Å². The lowest BCUT2D eigenvalue weighted by atomic mass is 10.0. The van der Waals surface area contributed by atoms with Gasteiger partial charge in [0, 0.05) is 62.0 Å². The number of hydrogen-bond donors (Lipinski definition) is 3. The van der Waals surface area contributed by atoms with Gasteiger partial charge in [0.25, 0.3) is 0 Å². The first-order valence-corrected chi connectivity index (χ1v) is 15.3. The highest BCUT2D eigenvalue weighted by Crippen LogP contribution is 2.31. The highest BCUT2D eigenvalue weighted by Gasteiger charge is 2.28. The van der Waals surface area contributed by atoms with Gasteiger partial charge in [-0.3, -0.25) is 9.59 Å². The van der Waals surface area contributed by atoms with Gasteiger partial charge in [0.15, 0.2) is 0 Å². The summed E-state index contributed by atoms with van der Waals surface area (Å²) in [7, 11) is -2.48. The van der Waals surface area contributed by atoms with Gasteiger partial charge in [-0.1, -0.05) is 35.9 Å². The number of nitrogens with zero attached hydrogens (tertiary/aromatic N) is 2. The Balaban J connectivity index is 1.39. The molecule has 1 aromatic heterocycles. The molecule has 4 aromatic rings. The lowest BCUT2D eigenvalue weighted by Gasteiger charge is -2.35. The summed E-state index contributed by atoms with van der Waals surface area (Å²) >= 11 is 0. The number of para-hydroxylation sites is 1. The van der Waals surface area contributed by atoms with Crippen LogP contribution in [0.25, 0.3) is 10.9 Å². The third kappa shape index (κ3) is 6.42. The molecule has 1 fully saturated rings. The number of hydrogen-bond acceptors (Lipinski definition) is 6. The number of ether oxygens (including phenoxy) is 1. The number of carbonyl (C=O) groups excluding carboxylic acids is 2. The molecule has 3 aromatic carbocycles. The molecule has 0 aliphatic carbocycles. The summed E-state index contributed by atoms with van der Waals surface area (Å²) < 4.78 is 35.0. The SMILES string of the molecule is COc1cc(N2CCN(C(C)=O)CC2)ccc1NC(=O)[C@H](Cc1c[nH]c2ccccc12)NS(=O)(=O)c1ccc(C)cc1. The van der Waals surface area contributed by atoms with Crippen LogP contribution in [0.3, 0.4) is 0 Å². The minimum Gasteiger partial charge on any atom is -0.494 e. The molecular weight excluding hydrogens is 554 g/mol.